The largest absolute Gasteiger partial charge is 0.504 e. The van der Waals surface area contributed by atoms with Crippen molar-refractivity contribution in [2.45, 2.75) is 6.54 Å². The zero-order valence-corrected chi connectivity index (χ0v) is 15.3. The Hall–Kier alpha value is -3.00. The molecule has 2 amide bonds. The van der Waals surface area contributed by atoms with Crippen molar-refractivity contribution in [2.24, 2.45) is 0 Å². The van der Waals surface area contributed by atoms with Crippen molar-refractivity contribution < 1.29 is 24.5 Å². The number of benzene rings is 2. The fourth-order valence-corrected chi connectivity index (χ4v) is 3.04. The SMILES string of the molecule is COc1c(O)cc(CNC=C2C(=O)NC(=O)c3ccc(Br)cc32)cc1O. The Morgan fingerprint density at radius 1 is 1.12 bits per heavy atom. The average Bonchev–Trinajstić information content (AvgIpc) is 2.57. The number of carbonyl (C=O) groups is 2. The number of fused-ring (bicyclic) bond motifs is 1. The zero-order valence-electron chi connectivity index (χ0n) is 13.7. The summed E-state index contributed by atoms with van der Waals surface area (Å²) in [6, 6.07) is 7.94. The molecule has 2 aromatic carbocycles. The fourth-order valence-electron chi connectivity index (χ4n) is 2.68. The summed E-state index contributed by atoms with van der Waals surface area (Å²) in [4.78, 5) is 24.1. The first-order chi connectivity index (χ1) is 12.4. The van der Waals surface area contributed by atoms with E-state index in [1.54, 1.807) is 18.2 Å². The Balaban J connectivity index is 1.85. The number of ether oxygens (including phenoxy) is 1. The van der Waals surface area contributed by atoms with Crippen LogP contribution in [0.25, 0.3) is 5.57 Å². The summed E-state index contributed by atoms with van der Waals surface area (Å²) < 4.78 is 5.63. The fraction of sp³-hybridized carbons (Fsp3) is 0.111. The van der Waals surface area contributed by atoms with Gasteiger partial charge in [0.15, 0.2) is 11.5 Å². The van der Waals surface area contributed by atoms with Gasteiger partial charge in [0.05, 0.1) is 12.7 Å². The third kappa shape index (κ3) is 3.36. The Morgan fingerprint density at radius 3 is 2.46 bits per heavy atom. The molecule has 0 saturated heterocycles. The molecule has 0 spiro atoms. The van der Waals surface area contributed by atoms with Crippen LogP contribution in [0.5, 0.6) is 17.2 Å². The maximum atomic E-state index is 12.2. The van der Waals surface area contributed by atoms with Crippen LogP contribution in [0.4, 0.5) is 0 Å². The van der Waals surface area contributed by atoms with Crippen molar-refractivity contribution in [3.63, 3.8) is 0 Å². The normalized spacial score (nSPS) is 14.8. The van der Waals surface area contributed by atoms with Crippen LogP contribution >= 0.6 is 15.9 Å². The van der Waals surface area contributed by atoms with Crippen LogP contribution in [0.2, 0.25) is 0 Å². The molecule has 1 aliphatic rings. The van der Waals surface area contributed by atoms with Gasteiger partial charge in [0.1, 0.15) is 0 Å². The molecule has 8 heteroatoms. The van der Waals surface area contributed by atoms with Gasteiger partial charge in [-0.25, -0.2) is 0 Å². The minimum Gasteiger partial charge on any atom is -0.504 e. The summed E-state index contributed by atoms with van der Waals surface area (Å²) in [6.45, 7) is 0.235. The number of phenols is 2. The molecule has 0 aliphatic carbocycles. The maximum absolute atomic E-state index is 12.2. The lowest BCUT2D eigenvalue weighted by molar-refractivity contribution is -0.114. The summed E-state index contributed by atoms with van der Waals surface area (Å²) in [6.07, 6.45) is 1.49. The first-order valence-corrected chi connectivity index (χ1v) is 8.38. The summed E-state index contributed by atoms with van der Waals surface area (Å²) in [5.74, 6) is -1.33. The lowest BCUT2D eigenvalue weighted by Gasteiger charge is -2.18. The lowest BCUT2D eigenvalue weighted by Crippen LogP contribution is -2.37. The van der Waals surface area contributed by atoms with E-state index in [-0.39, 0.29) is 23.8 Å². The van der Waals surface area contributed by atoms with Crippen molar-refractivity contribution >= 4 is 33.3 Å². The van der Waals surface area contributed by atoms with Gasteiger partial charge in [-0.15, -0.1) is 0 Å². The maximum Gasteiger partial charge on any atom is 0.260 e. The second-order valence-electron chi connectivity index (χ2n) is 5.58. The van der Waals surface area contributed by atoms with Crippen LogP contribution in [-0.2, 0) is 11.3 Å². The van der Waals surface area contributed by atoms with Gasteiger partial charge in [-0.1, -0.05) is 15.9 Å². The number of imide groups is 1. The third-order valence-electron chi connectivity index (χ3n) is 3.85. The van der Waals surface area contributed by atoms with Gasteiger partial charge in [0.2, 0.25) is 5.75 Å². The second-order valence-corrected chi connectivity index (χ2v) is 6.50. The van der Waals surface area contributed by atoms with E-state index in [1.807, 2.05) is 0 Å². The van der Waals surface area contributed by atoms with Crippen LogP contribution in [-0.4, -0.2) is 29.1 Å². The molecule has 4 N–H and O–H groups in total. The molecule has 0 radical (unpaired) electrons. The van der Waals surface area contributed by atoms with E-state index in [0.717, 1.165) is 4.47 Å². The minimum atomic E-state index is -0.506. The van der Waals surface area contributed by atoms with Gasteiger partial charge in [0, 0.05) is 28.3 Å². The molecule has 0 saturated carbocycles. The van der Waals surface area contributed by atoms with Crippen LogP contribution in [0.3, 0.4) is 0 Å². The third-order valence-corrected chi connectivity index (χ3v) is 4.35. The molecule has 3 rings (SSSR count). The Labute approximate surface area is 157 Å². The van der Waals surface area contributed by atoms with Crippen molar-refractivity contribution in [2.75, 3.05) is 7.11 Å². The van der Waals surface area contributed by atoms with E-state index >= 15 is 0 Å². The van der Waals surface area contributed by atoms with E-state index in [4.69, 9.17) is 4.74 Å². The molecular weight excluding hydrogens is 404 g/mol. The number of hydrogen-bond donors (Lipinski definition) is 4. The van der Waals surface area contributed by atoms with Crippen LogP contribution in [0.15, 0.2) is 41.0 Å². The molecule has 0 atom stereocenters. The van der Waals surface area contributed by atoms with Gasteiger partial charge in [-0.05, 0) is 35.9 Å². The van der Waals surface area contributed by atoms with Gasteiger partial charge in [-0.2, -0.15) is 0 Å². The number of methoxy groups -OCH3 is 1. The average molecular weight is 419 g/mol. The highest BCUT2D eigenvalue weighted by Gasteiger charge is 2.27. The van der Waals surface area contributed by atoms with E-state index in [2.05, 4.69) is 26.6 Å². The lowest BCUT2D eigenvalue weighted by atomic mass is 9.95. The van der Waals surface area contributed by atoms with Gasteiger partial charge < -0.3 is 20.3 Å². The molecule has 0 fully saturated rings. The minimum absolute atomic E-state index is 0.00365. The highest BCUT2D eigenvalue weighted by Crippen LogP contribution is 2.36. The summed E-state index contributed by atoms with van der Waals surface area (Å²) in [5.41, 5.74) is 1.81. The van der Waals surface area contributed by atoms with E-state index in [0.29, 0.717) is 22.3 Å². The first kappa shape index (κ1) is 17.8. The quantitative estimate of drug-likeness (QED) is 0.448. The Kier molecular flexibility index (Phi) is 4.85. The van der Waals surface area contributed by atoms with Crippen molar-refractivity contribution in [1.29, 1.82) is 0 Å². The van der Waals surface area contributed by atoms with Crippen molar-refractivity contribution in [3.8, 4) is 17.2 Å². The summed E-state index contributed by atoms with van der Waals surface area (Å²) in [7, 11) is 1.34. The Morgan fingerprint density at radius 2 is 1.81 bits per heavy atom. The number of aromatic hydroxyl groups is 2. The van der Waals surface area contributed by atoms with Gasteiger partial charge >= 0.3 is 0 Å². The van der Waals surface area contributed by atoms with Gasteiger partial charge in [0.25, 0.3) is 11.8 Å². The van der Waals surface area contributed by atoms with E-state index in [9.17, 15) is 19.8 Å². The van der Waals surface area contributed by atoms with E-state index in [1.165, 1.54) is 25.4 Å². The second kappa shape index (κ2) is 7.09. The van der Waals surface area contributed by atoms with Crippen molar-refractivity contribution in [3.05, 3.63) is 57.7 Å². The smallest absolute Gasteiger partial charge is 0.260 e. The molecule has 0 aromatic heterocycles. The Bertz CT molecular complexity index is 916. The number of carbonyl (C=O) groups excluding carboxylic acids is 2. The number of phenolic OH excluding ortho intramolecular Hbond substituents is 2. The number of amides is 2. The predicted octanol–water partition coefficient (Wildman–Crippen LogP) is 2.27. The molecule has 26 heavy (non-hydrogen) atoms. The molecular formula is C18H15BrN2O5. The summed E-state index contributed by atoms with van der Waals surface area (Å²) in [5, 5.41) is 24.9. The zero-order chi connectivity index (χ0) is 18.8. The van der Waals surface area contributed by atoms with Crippen LogP contribution in [0, 0.1) is 0 Å². The van der Waals surface area contributed by atoms with Crippen LogP contribution in [0.1, 0.15) is 21.5 Å². The molecule has 134 valence electrons. The number of nitrogens with one attached hydrogen (secondary N) is 2. The number of rotatable bonds is 4. The molecule has 0 unspecified atom stereocenters. The molecule has 2 aromatic rings. The monoisotopic (exact) mass is 418 g/mol. The highest BCUT2D eigenvalue weighted by atomic mass is 79.9. The van der Waals surface area contributed by atoms with Gasteiger partial charge in [-0.3, -0.25) is 14.9 Å². The highest BCUT2D eigenvalue weighted by molar-refractivity contribution is 9.10. The number of hydrogen-bond acceptors (Lipinski definition) is 6. The van der Waals surface area contributed by atoms with E-state index < -0.39 is 11.8 Å². The standard InChI is InChI=1S/C18H15BrN2O5/c1-26-16-14(22)4-9(5-15(16)23)7-20-8-13-12-6-10(19)2-3-11(12)17(24)21-18(13)25/h2-6,8,20,22-23H,7H2,1H3,(H,21,24,25). The van der Waals surface area contributed by atoms with Crippen LogP contribution < -0.4 is 15.4 Å². The van der Waals surface area contributed by atoms with Crippen molar-refractivity contribution in [1.82, 2.24) is 10.6 Å². The molecule has 0 bridgehead atoms. The predicted molar refractivity (Wildman–Crippen MR) is 97.8 cm³/mol. The first-order valence-electron chi connectivity index (χ1n) is 7.58. The summed E-state index contributed by atoms with van der Waals surface area (Å²) >= 11 is 3.33. The molecule has 7 nitrogen and oxygen atoms in total. The topological polar surface area (TPSA) is 108 Å². The number of halogens is 1. The molecule has 1 aliphatic heterocycles. The molecule has 1 heterocycles.